The zero-order valence-electron chi connectivity index (χ0n) is 12.3. The molecule has 1 atom stereocenters. The maximum atomic E-state index is 9.12. The van der Waals surface area contributed by atoms with Gasteiger partial charge in [-0.1, -0.05) is 11.8 Å². The molecule has 0 amide bonds. The fraction of sp³-hybridized carbons (Fsp3) is 0.400. The van der Waals surface area contributed by atoms with Crippen molar-refractivity contribution in [2.24, 2.45) is 5.92 Å². The summed E-state index contributed by atoms with van der Waals surface area (Å²) in [5.74, 6) is 1.28. The molecule has 2 aromatic rings. The average molecular weight is 312 g/mol. The van der Waals surface area contributed by atoms with E-state index in [1.165, 1.54) is 11.8 Å². The first-order chi connectivity index (χ1) is 10.8. The van der Waals surface area contributed by atoms with E-state index in [4.69, 9.17) is 10.5 Å². The molecule has 2 heterocycles. The van der Waals surface area contributed by atoms with Gasteiger partial charge in [0.2, 0.25) is 0 Å². The quantitative estimate of drug-likeness (QED) is 0.730. The smallest absolute Gasteiger partial charge is 0.191 e. The van der Waals surface area contributed by atoms with Gasteiger partial charge >= 0.3 is 0 Å². The average Bonchev–Trinajstić information content (AvgIpc) is 2.98. The van der Waals surface area contributed by atoms with Crippen molar-refractivity contribution < 1.29 is 0 Å². The van der Waals surface area contributed by atoms with E-state index in [2.05, 4.69) is 27.3 Å². The molecule has 112 valence electrons. The van der Waals surface area contributed by atoms with Gasteiger partial charge in [-0.15, -0.1) is 10.2 Å². The van der Waals surface area contributed by atoms with E-state index in [0.29, 0.717) is 18.6 Å². The van der Waals surface area contributed by atoms with Crippen molar-refractivity contribution in [3.63, 3.8) is 0 Å². The lowest BCUT2D eigenvalue weighted by Crippen LogP contribution is -2.04. The molecule has 7 heteroatoms. The van der Waals surface area contributed by atoms with E-state index in [-0.39, 0.29) is 5.92 Å². The van der Waals surface area contributed by atoms with Crippen LogP contribution in [0.1, 0.15) is 19.8 Å². The Morgan fingerprint density at radius 2 is 2.05 bits per heavy atom. The van der Waals surface area contributed by atoms with Crippen LogP contribution in [-0.2, 0) is 6.54 Å². The van der Waals surface area contributed by atoms with Crippen LogP contribution in [0.15, 0.2) is 29.7 Å². The number of hydrogen-bond donors (Lipinski definition) is 0. The Morgan fingerprint density at radius 1 is 1.27 bits per heavy atom. The summed E-state index contributed by atoms with van der Waals surface area (Å²) in [5, 5.41) is 27.0. The molecule has 0 aromatic carbocycles. The Morgan fingerprint density at radius 3 is 2.68 bits per heavy atom. The minimum atomic E-state index is -0.143. The van der Waals surface area contributed by atoms with Gasteiger partial charge in [-0.25, -0.2) is 0 Å². The Labute approximate surface area is 133 Å². The third kappa shape index (κ3) is 3.84. The second kappa shape index (κ2) is 8.16. The minimum absolute atomic E-state index is 0.143. The molecule has 0 spiro atoms. The minimum Gasteiger partial charge on any atom is -0.302 e. The van der Waals surface area contributed by atoms with Crippen LogP contribution in [0.5, 0.6) is 0 Å². The highest BCUT2D eigenvalue weighted by Gasteiger charge is 2.15. The molecule has 22 heavy (non-hydrogen) atoms. The van der Waals surface area contributed by atoms with E-state index in [0.717, 1.165) is 23.1 Å². The van der Waals surface area contributed by atoms with Crippen LogP contribution in [0.3, 0.4) is 0 Å². The summed E-state index contributed by atoms with van der Waals surface area (Å²) < 4.78 is 2.03. The van der Waals surface area contributed by atoms with Gasteiger partial charge in [0.15, 0.2) is 11.0 Å². The molecule has 0 fully saturated rings. The van der Waals surface area contributed by atoms with Crippen LogP contribution in [0.25, 0.3) is 11.4 Å². The lowest BCUT2D eigenvalue weighted by Gasteiger charge is -2.09. The summed E-state index contributed by atoms with van der Waals surface area (Å²) in [4.78, 5) is 4.01. The maximum Gasteiger partial charge on any atom is 0.191 e. The highest BCUT2D eigenvalue weighted by molar-refractivity contribution is 7.99. The normalized spacial score (nSPS) is 11.6. The molecule has 0 aliphatic rings. The summed E-state index contributed by atoms with van der Waals surface area (Å²) >= 11 is 1.51. The highest BCUT2D eigenvalue weighted by Crippen LogP contribution is 2.25. The zero-order chi connectivity index (χ0) is 15.8. The highest BCUT2D eigenvalue weighted by atomic mass is 32.2. The SMILES string of the molecule is CCn1c(SC[C@@H](C#N)CCC#N)nnc1-c1ccncc1. The number of pyridine rings is 1. The molecule has 0 bridgehead atoms. The van der Waals surface area contributed by atoms with Crippen LogP contribution in [0.4, 0.5) is 0 Å². The van der Waals surface area contributed by atoms with Crippen LogP contribution >= 0.6 is 11.8 Å². The predicted molar refractivity (Wildman–Crippen MR) is 83.6 cm³/mol. The Hall–Kier alpha value is -2.38. The first-order valence-corrected chi connectivity index (χ1v) is 8.01. The van der Waals surface area contributed by atoms with Gasteiger partial charge in [-0.2, -0.15) is 10.5 Å². The second-order valence-corrected chi connectivity index (χ2v) is 5.61. The molecule has 0 saturated heterocycles. The molecule has 0 N–H and O–H groups in total. The monoisotopic (exact) mass is 312 g/mol. The lowest BCUT2D eigenvalue weighted by molar-refractivity contribution is 0.669. The van der Waals surface area contributed by atoms with Crippen molar-refractivity contribution >= 4 is 11.8 Å². The zero-order valence-corrected chi connectivity index (χ0v) is 13.1. The summed E-state index contributed by atoms with van der Waals surface area (Å²) in [5.41, 5.74) is 0.970. The van der Waals surface area contributed by atoms with Gasteiger partial charge < -0.3 is 4.57 Å². The largest absolute Gasteiger partial charge is 0.302 e. The Bertz CT molecular complexity index is 682. The van der Waals surface area contributed by atoms with Crippen molar-refractivity contribution in [1.82, 2.24) is 19.7 Å². The number of aromatic nitrogens is 4. The van der Waals surface area contributed by atoms with Gasteiger partial charge in [0.25, 0.3) is 0 Å². The molecule has 6 nitrogen and oxygen atoms in total. The van der Waals surface area contributed by atoms with E-state index in [1.807, 2.05) is 23.6 Å². The van der Waals surface area contributed by atoms with E-state index in [1.54, 1.807) is 12.4 Å². The summed E-state index contributed by atoms with van der Waals surface area (Å²) in [7, 11) is 0. The Balaban J connectivity index is 2.11. The van der Waals surface area contributed by atoms with Crippen molar-refractivity contribution in [2.45, 2.75) is 31.5 Å². The van der Waals surface area contributed by atoms with E-state index < -0.39 is 0 Å². The molecule has 0 unspecified atom stereocenters. The number of rotatable bonds is 7. The van der Waals surface area contributed by atoms with Crippen molar-refractivity contribution in [3.8, 4) is 23.5 Å². The first-order valence-electron chi connectivity index (χ1n) is 7.03. The maximum absolute atomic E-state index is 9.12. The third-order valence-corrected chi connectivity index (χ3v) is 4.30. The molecule has 2 aromatic heterocycles. The fourth-order valence-corrected chi connectivity index (χ4v) is 3.06. The molecular formula is C15H16N6S. The predicted octanol–water partition coefficient (Wildman–Crippen LogP) is 2.90. The molecule has 0 radical (unpaired) electrons. The van der Waals surface area contributed by atoms with Gasteiger partial charge in [0.05, 0.1) is 18.1 Å². The van der Waals surface area contributed by atoms with Gasteiger partial charge in [-0.05, 0) is 25.5 Å². The molecule has 0 aliphatic heterocycles. The van der Waals surface area contributed by atoms with Crippen LogP contribution in [-0.4, -0.2) is 25.5 Å². The summed E-state index contributed by atoms with van der Waals surface area (Å²) in [6.07, 6.45) is 4.45. The molecule has 0 aliphatic carbocycles. The second-order valence-electron chi connectivity index (χ2n) is 4.62. The topological polar surface area (TPSA) is 91.2 Å². The van der Waals surface area contributed by atoms with Crippen LogP contribution in [0, 0.1) is 28.6 Å². The van der Waals surface area contributed by atoms with Crippen molar-refractivity contribution in [3.05, 3.63) is 24.5 Å². The fourth-order valence-electron chi connectivity index (χ4n) is 1.99. The van der Waals surface area contributed by atoms with Crippen LogP contribution < -0.4 is 0 Å². The Kier molecular flexibility index (Phi) is 5.93. The van der Waals surface area contributed by atoms with Crippen molar-refractivity contribution in [1.29, 1.82) is 10.5 Å². The third-order valence-electron chi connectivity index (χ3n) is 3.17. The summed E-state index contributed by atoms with van der Waals surface area (Å²) in [6, 6.07) is 8.12. The first kappa shape index (κ1) is 16.0. The number of hydrogen-bond acceptors (Lipinski definition) is 6. The van der Waals surface area contributed by atoms with E-state index in [9.17, 15) is 0 Å². The molecule has 2 rings (SSSR count). The van der Waals surface area contributed by atoms with E-state index >= 15 is 0 Å². The number of nitrogens with zero attached hydrogens (tertiary/aromatic N) is 6. The molecular weight excluding hydrogens is 296 g/mol. The van der Waals surface area contributed by atoms with Gasteiger partial charge in [0.1, 0.15) is 0 Å². The van der Waals surface area contributed by atoms with Gasteiger partial charge in [-0.3, -0.25) is 4.98 Å². The van der Waals surface area contributed by atoms with Crippen LogP contribution in [0.2, 0.25) is 0 Å². The number of thioether (sulfide) groups is 1. The standard InChI is InChI=1S/C15H16N6S/c1-2-21-14(13-5-8-18-9-6-13)19-20-15(21)22-11-12(10-17)4-3-7-16/h5-6,8-9,12H,2-4,11H2,1H3/t12-/m1/s1. The molecule has 0 saturated carbocycles. The number of nitriles is 2. The lowest BCUT2D eigenvalue weighted by atomic mass is 10.1. The van der Waals surface area contributed by atoms with Gasteiger partial charge in [0, 0.05) is 36.7 Å². The summed E-state index contributed by atoms with van der Waals surface area (Å²) in [6.45, 7) is 2.79. The van der Waals surface area contributed by atoms with Crippen molar-refractivity contribution in [2.75, 3.05) is 5.75 Å².